The summed E-state index contributed by atoms with van der Waals surface area (Å²) in [6.45, 7) is 2.99. The second kappa shape index (κ2) is 8.02. The summed E-state index contributed by atoms with van der Waals surface area (Å²) in [6, 6.07) is 2.24. The van der Waals surface area contributed by atoms with Crippen LogP contribution in [-0.4, -0.2) is 52.6 Å². The summed E-state index contributed by atoms with van der Waals surface area (Å²) in [4.78, 5) is 22.3. The maximum Gasteiger partial charge on any atom is 0.255 e. The van der Waals surface area contributed by atoms with Crippen molar-refractivity contribution in [2.45, 2.75) is 64.0 Å². The van der Waals surface area contributed by atoms with Crippen LogP contribution in [0.15, 0.2) is 17.1 Å². The molecule has 0 spiro atoms. The van der Waals surface area contributed by atoms with Crippen LogP contribution < -0.4 is 10.9 Å². The van der Waals surface area contributed by atoms with Crippen molar-refractivity contribution < 1.29 is 8.42 Å². The minimum atomic E-state index is -3.14. The first kappa shape index (κ1) is 20.3. The molecule has 0 amide bonds. The van der Waals surface area contributed by atoms with Gasteiger partial charge in [-0.25, -0.2) is 17.7 Å². The van der Waals surface area contributed by atoms with Crippen molar-refractivity contribution in [2.75, 3.05) is 24.7 Å². The Kier molecular flexibility index (Phi) is 5.61. The molecule has 1 aliphatic carbocycles. The van der Waals surface area contributed by atoms with E-state index in [0.717, 1.165) is 36.6 Å². The van der Waals surface area contributed by atoms with Gasteiger partial charge in [-0.15, -0.1) is 0 Å². The molecule has 4 rings (SSSR count). The third kappa shape index (κ3) is 4.16. The number of aromatic nitrogens is 3. The number of anilines is 1. The SMILES string of the molecule is CCc1cc2cnc(NC3CCN(S(C)(=O)=O)CC3)nc2n(C2CCCC2)c1=O. The van der Waals surface area contributed by atoms with Gasteiger partial charge < -0.3 is 5.32 Å². The highest BCUT2D eigenvalue weighted by Gasteiger charge is 2.26. The van der Waals surface area contributed by atoms with E-state index in [4.69, 9.17) is 4.98 Å². The van der Waals surface area contributed by atoms with Gasteiger partial charge in [0, 0.05) is 42.3 Å². The number of hydrogen-bond donors (Lipinski definition) is 1. The minimum absolute atomic E-state index is 0.0676. The Balaban J connectivity index is 1.62. The van der Waals surface area contributed by atoms with Gasteiger partial charge in [-0.05, 0) is 38.2 Å². The summed E-state index contributed by atoms with van der Waals surface area (Å²) in [5.74, 6) is 0.505. The van der Waals surface area contributed by atoms with Crippen molar-refractivity contribution in [1.82, 2.24) is 18.8 Å². The molecule has 0 bridgehead atoms. The fourth-order valence-electron chi connectivity index (χ4n) is 4.52. The fourth-order valence-corrected chi connectivity index (χ4v) is 5.39. The van der Waals surface area contributed by atoms with Gasteiger partial charge in [0.1, 0.15) is 5.65 Å². The minimum Gasteiger partial charge on any atom is -0.351 e. The number of sulfonamides is 1. The van der Waals surface area contributed by atoms with Gasteiger partial charge in [0.05, 0.1) is 6.26 Å². The first-order chi connectivity index (χ1) is 13.9. The molecule has 3 heterocycles. The Morgan fingerprint density at radius 3 is 2.48 bits per heavy atom. The van der Waals surface area contributed by atoms with Gasteiger partial charge in [-0.2, -0.15) is 4.98 Å². The maximum atomic E-state index is 13.1. The van der Waals surface area contributed by atoms with Crippen LogP contribution in [-0.2, 0) is 16.4 Å². The zero-order valence-corrected chi connectivity index (χ0v) is 17.9. The summed E-state index contributed by atoms with van der Waals surface area (Å²) < 4.78 is 26.8. The lowest BCUT2D eigenvalue weighted by atomic mass is 10.1. The third-order valence-corrected chi connectivity index (χ3v) is 7.48. The molecule has 158 valence electrons. The first-order valence-corrected chi connectivity index (χ1v) is 12.3. The molecular weight excluding hydrogens is 390 g/mol. The molecule has 1 N–H and O–H groups in total. The number of rotatable bonds is 5. The van der Waals surface area contributed by atoms with E-state index in [-0.39, 0.29) is 17.6 Å². The number of aryl methyl sites for hydroxylation is 1. The molecule has 1 saturated heterocycles. The number of nitrogens with one attached hydrogen (secondary N) is 1. The standard InChI is InChI=1S/C20H29N5O3S/c1-3-14-12-15-13-21-20(22-16-8-10-24(11-9-16)29(2,27)28)23-18(15)25(19(14)26)17-6-4-5-7-17/h12-13,16-17H,3-11H2,1-2H3,(H,21,22,23). The van der Waals surface area contributed by atoms with Gasteiger partial charge in [-0.3, -0.25) is 9.36 Å². The van der Waals surface area contributed by atoms with Crippen LogP contribution in [0.4, 0.5) is 5.95 Å². The van der Waals surface area contributed by atoms with Gasteiger partial charge in [-0.1, -0.05) is 19.8 Å². The lowest BCUT2D eigenvalue weighted by Gasteiger charge is -2.30. The number of piperidine rings is 1. The molecule has 0 atom stereocenters. The molecule has 2 aromatic heterocycles. The number of fused-ring (bicyclic) bond motifs is 1. The van der Waals surface area contributed by atoms with Crippen LogP contribution >= 0.6 is 0 Å². The van der Waals surface area contributed by atoms with Gasteiger partial charge in [0.2, 0.25) is 16.0 Å². The predicted octanol–water partition coefficient (Wildman–Crippen LogP) is 2.30. The molecule has 9 heteroatoms. The number of nitrogens with zero attached hydrogens (tertiary/aromatic N) is 4. The van der Waals surface area contributed by atoms with Crippen LogP contribution in [0, 0.1) is 0 Å². The Bertz CT molecular complexity index is 1050. The number of pyridine rings is 1. The Morgan fingerprint density at radius 2 is 1.86 bits per heavy atom. The molecule has 2 aromatic rings. The molecule has 0 unspecified atom stereocenters. The Labute approximate surface area is 171 Å². The van der Waals surface area contributed by atoms with E-state index < -0.39 is 10.0 Å². The van der Waals surface area contributed by atoms with Crippen molar-refractivity contribution in [3.63, 3.8) is 0 Å². The van der Waals surface area contributed by atoms with E-state index in [2.05, 4.69) is 10.3 Å². The van der Waals surface area contributed by atoms with E-state index >= 15 is 0 Å². The highest BCUT2D eigenvalue weighted by Crippen LogP contribution is 2.31. The van der Waals surface area contributed by atoms with E-state index in [1.165, 1.54) is 10.6 Å². The van der Waals surface area contributed by atoms with E-state index in [9.17, 15) is 13.2 Å². The summed E-state index contributed by atoms with van der Waals surface area (Å²) >= 11 is 0. The first-order valence-electron chi connectivity index (χ1n) is 10.5. The van der Waals surface area contributed by atoms with Crippen LogP contribution in [0.2, 0.25) is 0 Å². The van der Waals surface area contributed by atoms with Gasteiger partial charge >= 0.3 is 0 Å². The zero-order valence-electron chi connectivity index (χ0n) is 17.1. The van der Waals surface area contributed by atoms with Crippen molar-refractivity contribution in [1.29, 1.82) is 0 Å². The molecule has 2 aliphatic rings. The highest BCUT2D eigenvalue weighted by molar-refractivity contribution is 7.88. The van der Waals surface area contributed by atoms with Gasteiger partial charge in [0.15, 0.2) is 0 Å². The molecule has 1 saturated carbocycles. The summed E-state index contributed by atoms with van der Waals surface area (Å²) in [5, 5.41) is 4.25. The monoisotopic (exact) mass is 419 g/mol. The van der Waals surface area contributed by atoms with Crippen LogP contribution in [0.5, 0.6) is 0 Å². The van der Waals surface area contributed by atoms with E-state index in [1.807, 2.05) is 17.6 Å². The topological polar surface area (TPSA) is 97.2 Å². The average Bonchev–Trinajstić information content (AvgIpc) is 3.21. The molecule has 8 nitrogen and oxygen atoms in total. The van der Waals surface area contributed by atoms with Crippen LogP contribution in [0.1, 0.15) is 57.1 Å². The normalized spacial score (nSPS) is 19.8. The van der Waals surface area contributed by atoms with Crippen molar-refractivity contribution in [3.8, 4) is 0 Å². The average molecular weight is 420 g/mol. The van der Waals surface area contributed by atoms with Crippen LogP contribution in [0.25, 0.3) is 11.0 Å². The molecule has 0 aromatic carbocycles. The summed E-state index contributed by atoms with van der Waals surface area (Å²) in [5.41, 5.74) is 1.57. The quantitative estimate of drug-likeness (QED) is 0.799. The third-order valence-electron chi connectivity index (χ3n) is 6.17. The van der Waals surface area contributed by atoms with Crippen molar-refractivity contribution in [3.05, 3.63) is 28.2 Å². The Morgan fingerprint density at radius 1 is 1.17 bits per heavy atom. The van der Waals surface area contributed by atoms with E-state index in [0.29, 0.717) is 43.9 Å². The zero-order chi connectivity index (χ0) is 20.6. The highest BCUT2D eigenvalue weighted by atomic mass is 32.2. The molecule has 1 aliphatic heterocycles. The van der Waals surface area contributed by atoms with Crippen LogP contribution in [0.3, 0.4) is 0 Å². The summed E-state index contributed by atoms with van der Waals surface area (Å²) in [6.07, 6.45) is 9.46. The van der Waals surface area contributed by atoms with E-state index in [1.54, 1.807) is 6.20 Å². The second-order valence-corrected chi connectivity index (χ2v) is 10.2. The van der Waals surface area contributed by atoms with Crippen molar-refractivity contribution >= 4 is 27.0 Å². The molecular formula is C20H29N5O3S. The second-order valence-electron chi connectivity index (χ2n) is 8.19. The Hall–Kier alpha value is -2.00. The van der Waals surface area contributed by atoms with Crippen molar-refractivity contribution in [2.24, 2.45) is 0 Å². The molecule has 0 radical (unpaired) electrons. The lowest BCUT2D eigenvalue weighted by Crippen LogP contribution is -2.42. The lowest BCUT2D eigenvalue weighted by molar-refractivity contribution is 0.331. The predicted molar refractivity (Wildman–Crippen MR) is 114 cm³/mol. The fraction of sp³-hybridized carbons (Fsp3) is 0.650. The molecule has 2 fully saturated rings. The smallest absolute Gasteiger partial charge is 0.255 e. The maximum absolute atomic E-state index is 13.1. The number of hydrogen-bond acceptors (Lipinski definition) is 6. The summed E-state index contributed by atoms with van der Waals surface area (Å²) in [7, 11) is -3.14. The largest absolute Gasteiger partial charge is 0.351 e. The van der Waals surface area contributed by atoms with Gasteiger partial charge in [0.25, 0.3) is 5.56 Å². The molecule has 29 heavy (non-hydrogen) atoms.